The fraction of sp³-hybridized carbons (Fsp3) is 0.111. The van der Waals surface area contributed by atoms with Crippen molar-refractivity contribution in [2.45, 2.75) is 13.1 Å². The number of carbonyl (C=O) groups excluding carboxylic acids is 1. The van der Waals surface area contributed by atoms with Gasteiger partial charge < -0.3 is 9.84 Å². The highest BCUT2D eigenvalue weighted by atomic mass is 19.4. The van der Waals surface area contributed by atoms with E-state index in [2.05, 4.69) is 10.5 Å². The predicted molar refractivity (Wildman–Crippen MR) is 92.7 cm³/mol. The van der Waals surface area contributed by atoms with Crippen molar-refractivity contribution >= 4 is 17.3 Å². The van der Waals surface area contributed by atoms with Gasteiger partial charge in [0, 0.05) is 11.8 Å². The molecule has 144 valence electrons. The highest BCUT2D eigenvalue weighted by molar-refractivity contribution is 6.09. The molecule has 0 aliphatic carbocycles. The number of aryl methyl sites for hydroxylation is 1. The third kappa shape index (κ3) is 3.70. The number of carbonyl (C=O) groups is 1. The molecule has 0 radical (unpaired) electrons. The molecule has 0 saturated carbocycles. The molecule has 28 heavy (non-hydrogen) atoms. The molecule has 0 aliphatic heterocycles. The average molecular weight is 391 g/mol. The van der Waals surface area contributed by atoms with Crippen molar-refractivity contribution in [1.82, 2.24) is 5.16 Å². The van der Waals surface area contributed by atoms with Gasteiger partial charge in [0.1, 0.15) is 17.0 Å². The van der Waals surface area contributed by atoms with Crippen LogP contribution in [0, 0.1) is 17.0 Å². The topological polar surface area (TPSA) is 98.3 Å². The summed E-state index contributed by atoms with van der Waals surface area (Å²) in [5, 5.41) is 17.3. The Hall–Kier alpha value is -3.69. The van der Waals surface area contributed by atoms with E-state index >= 15 is 0 Å². The number of anilines is 1. The van der Waals surface area contributed by atoms with Gasteiger partial charge in [-0.3, -0.25) is 14.9 Å². The van der Waals surface area contributed by atoms with Crippen molar-refractivity contribution in [1.29, 1.82) is 0 Å². The smallest absolute Gasteiger partial charge is 0.360 e. The number of nitrogens with one attached hydrogen (secondary N) is 1. The van der Waals surface area contributed by atoms with Gasteiger partial charge in [0.25, 0.3) is 11.6 Å². The Balaban J connectivity index is 1.99. The summed E-state index contributed by atoms with van der Waals surface area (Å²) in [4.78, 5) is 23.3. The molecule has 0 spiro atoms. The molecular formula is C18H12F3N3O4. The van der Waals surface area contributed by atoms with Crippen LogP contribution >= 0.6 is 0 Å². The third-order valence-electron chi connectivity index (χ3n) is 3.89. The number of para-hydroxylation sites is 1. The Morgan fingerprint density at radius 1 is 1.18 bits per heavy atom. The van der Waals surface area contributed by atoms with Gasteiger partial charge in [-0.25, -0.2) is 0 Å². The van der Waals surface area contributed by atoms with Crippen molar-refractivity contribution in [2.75, 3.05) is 5.32 Å². The quantitative estimate of drug-likeness (QED) is 0.507. The second kappa shape index (κ2) is 7.14. The van der Waals surface area contributed by atoms with E-state index in [4.69, 9.17) is 4.52 Å². The van der Waals surface area contributed by atoms with E-state index in [9.17, 15) is 28.1 Å². The second-order valence-corrected chi connectivity index (χ2v) is 5.77. The molecule has 0 atom stereocenters. The zero-order chi connectivity index (χ0) is 20.5. The zero-order valence-electron chi connectivity index (χ0n) is 14.3. The summed E-state index contributed by atoms with van der Waals surface area (Å²) in [5.74, 6) is -0.733. The third-order valence-corrected chi connectivity index (χ3v) is 3.89. The van der Waals surface area contributed by atoms with Gasteiger partial charge in [-0.15, -0.1) is 0 Å². The van der Waals surface area contributed by atoms with Crippen LogP contribution in [0.2, 0.25) is 0 Å². The Morgan fingerprint density at radius 2 is 1.89 bits per heavy atom. The number of hydrogen-bond donors (Lipinski definition) is 1. The summed E-state index contributed by atoms with van der Waals surface area (Å²) < 4.78 is 43.5. The molecule has 0 fully saturated rings. The first-order chi connectivity index (χ1) is 13.2. The minimum Gasteiger partial charge on any atom is -0.360 e. The van der Waals surface area contributed by atoms with Gasteiger partial charge in [0.15, 0.2) is 0 Å². The van der Waals surface area contributed by atoms with Crippen LogP contribution in [0.4, 0.5) is 24.5 Å². The molecule has 0 bridgehead atoms. The van der Waals surface area contributed by atoms with E-state index < -0.39 is 22.6 Å². The number of rotatable bonds is 4. The fourth-order valence-electron chi connectivity index (χ4n) is 2.62. The van der Waals surface area contributed by atoms with Crippen LogP contribution in [-0.2, 0) is 6.18 Å². The summed E-state index contributed by atoms with van der Waals surface area (Å²) in [7, 11) is 0. The maximum atomic E-state index is 12.8. The van der Waals surface area contributed by atoms with Crippen LogP contribution in [-0.4, -0.2) is 16.0 Å². The lowest BCUT2D eigenvalue weighted by molar-refractivity contribution is -0.384. The lowest BCUT2D eigenvalue weighted by Gasteiger charge is -2.10. The molecule has 0 saturated heterocycles. The van der Waals surface area contributed by atoms with Crippen molar-refractivity contribution in [2.24, 2.45) is 0 Å². The maximum Gasteiger partial charge on any atom is 0.416 e. The molecule has 3 aromatic rings. The highest BCUT2D eigenvalue weighted by Gasteiger charge is 2.31. The predicted octanol–water partition coefficient (Wildman–Crippen LogP) is 4.83. The molecule has 2 aromatic carbocycles. The number of benzene rings is 2. The van der Waals surface area contributed by atoms with E-state index in [1.165, 1.54) is 37.3 Å². The molecule has 3 rings (SSSR count). The van der Waals surface area contributed by atoms with Crippen molar-refractivity contribution in [3.05, 3.63) is 75.5 Å². The van der Waals surface area contributed by atoms with E-state index in [0.29, 0.717) is 0 Å². The number of nitro benzene ring substituents is 1. The molecule has 10 heteroatoms. The molecule has 1 amide bonds. The van der Waals surface area contributed by atoms with Crippen LogP contribution in [0.1, 0.15) is 21.7 Å². The first-order valence-corrected chi connectivity index (χ1v) is 7.87. The number of nitro groups is 1. The Kier molecular flexibility index (Phi) is 4.87. The zero-order valence-corrected chi connectivity index (χ0v) is 14.3. The normalized spacial score (nSPS) is 11.3. The van der Waals surface area contributed by atoms with Crippen molar-refractivity contribution < 1.29 is 27.4 Å². The maximum absolute atomic E-state index is 12.8. The minimum absolute atomic E-state index is 0.0542. The van der Waals surface area contributed by atoms with Crippen molar-refractivity contribution in [3.63, 3.8) is 0 Å². The SMILES string of the molecule is Cc1onc(-c2ccccc2[N+](=O)[O-])c1C(=O)Nc1cccc(C(F)(F)F)c1. The monoisotopic (exact) mass is 391 g/mol. The van der Waals surface area contributed by atoms with Gasteiger partial charge in [-0.2, -0.15) is 13.2 Å². The Morgan fingerprint density at radius 3 is 2.57 bits per heavy atom. The lowest BCUT2D eigenvalue weighted by atomic mass is 10.0. The average Bonchev–Trinajstić information content (AvgIpc) is 3.02. The summed E-state index contributed by atoms with van der Waals surface area (Å²) in [6.07, 6.45) is -4.57. The summed E-state index contributed by atoms with van der Waals surface area (Å²) in [6.45, 7) is 1.42. The van der Waals surface area contributed by atoms with Gasteiger partial charge in [-0.1, -0.05) is 23.4 Å². The van der Waals surface area contributed by atoms with Gasteiger partial charge in [-0.05, 0) is 31.2 Å². The Labute approximate surface area is 155 Å². The molecule has 0 unspecified atom stereocenters. The van der Waals surface area contributed by atoms with Gasteiger partial charge in [0.2, 0.25) is 0 Å². The van der Waals surface area contributed by atoms with E-state index in [0.717, 1.165) is 18.2 Å². The van der Waals surface area contributed by atoms with Gasteiger partial charge in [0.05, 0.1) is 16.1 Å². The largest absolute Gasteiger partial charge is 0.416 e. The van der Waals surface area contributed by atoms with Crippen LogP contribution in [0.25, 0.3) is 11.3 Å². The Bertz CT molecular complexity index is 1060. The van der Waals surface area contributed by atoms with Crippen LogP contribution in [0.15, 0.2) is 53.1 Å². The molecule has 1 N–H and O–H groups in total. The highest BCUT2D eigenvalue weighted by Crippen LogP contribution is 2.34. The lowest BCUT2D eigenvalue weighted by Crippen LogP contribution is -2.14. The van der Waals surface area contributed by atoms with Gasteiger partial charge >= 0.3 is 6.18 Å². The van der Waals surface area contributed by atoms with Crippen molar-refractivity contribution in [3.8, 4) is 11.3 Å². The molecule has 1 heterocycles. The minimum atomic E-state index is -4.57. The van der Waals surface area contributed by atoms with Crippen LogP contribution in [0.5, 0.6) is 0 Å². The summed E-state index contributed by atoms with van der Waals surface area (Å²) >= 11 is 0. The molecular weight excluding hydrogens is 379 g/mol. The van der Waals surface area contributed by atoms with E-state index in [1.54, 1.807) is 0 Å². The number of halogens is 3. The molecule has 0 aliphatic rings. The number of nitrogens with zero attached hydrogens (tertiary/aromatic N) is 2. The molecule has 7 nitrogen and oxygen atoms in total. The van der Waals surface area contributed by atoms with Crippen LogP contribution < -0.4 is 5.32 Å². The fourth-order valence-corrected chi connectivity index (χ4v) is 2.62. The number of amides is 1. The molecule has 1 aromatic heterocycles. The standard InChI is InChI=1S/C18H12F3N3O4/c1-10-15(16(23-28-10)13-7-2-3-8-14(13)24(26)27)17(25)22-12-6-4-5-11(9-12)18(19,20)21/h2-9H,1H3,(H,22,25). The summed E-state index contributed by atoms with van der Waals surface area (Å²) in [6, 6.07) is 9.73. The number of alkyl halides is 3. The first-order valence-electron chi connectivity index (χ1n) is 7.87. The summed E-state index contributed by atoms with van der Waals surface area (Å²) in [5.41, 5.74) is -1.43. The van der Waals surface area contributed by atoms with E-state index in [-0.39, 0.29) is 34.0 Å². The van der Waals surface area contributed by atoms with E-state index in [1.807, 2.05) is 0 Å². The second-order valence-electron chi connectivity index (χ2n) is 5.77. The number of hydrogen-bond acceptors (Lipinski definition) is 5. The number of aromatic nitrogens is 1. The van der Waals surface area contributed by atoms with Crippen LogP contribution in [0.3, 0.4) is 0 Å². The first kappa shape index (κ1) is 19.1.